The van der Waals surface area contributed by atoms with E-state index in [1.807, 2.05) is 13.8 Å². The lowest BCUT2D eigenvalue weighted by Gasteiger charge is -2.37. The molecule has 0 aromatic rings. The Hall–Kier alpha value is -0.610. The first kappa shape index (κ1) is 13.5. The maximum Gasteiger partial charge on any atom is 0.0768 e. The zero-order chi connectivity index (χ0) is 12.2. The van der Waals surface area contributed by atoms with E-state index in [9.17, 15) is 5.11 Å². The van der Waals surface area contributed by atoms with Gasteiger partial charge in [-0.2, -0.15) is 0 Å². The van der Waals surface area contributed by atoms with Crippen LogP contribution in [-0.2, 0) is 0 Å². The molecule has 0 amide bonds. The summed E-state index contributed by atoms with van der Waals surface area (Å²) < 4.78 is 0. The number of nitrogens with zero attached hydrogens (tertiary/aromatic N) is 2. The summed E-state index contributed by atoms with van der Waals surface area (Å²) in [5.74, 6) is 0.289. The van der Waals surface area contributed by atoms with Gasteiger partial charge in [0.15, 0.2) is 0 Å². The molecule has 0 aliphatic carbocycles. The van der Waals surface area contributed by atoms with Crippen molar-refractivity contribution in [3.05, 3.63) is 0 Å². The molecule has 1 aliphatic heterocycles. The van der Waals surface area contributed by atoms with E-state index in [0.717, 1.165) is 44.6 Å². The first-order valence-electron chi connectivity index (χ1n) is 6.20. The summed E-state index contributed by atoms with van der Waals surface area (Å²) in [7, 11) is 0. The summed E-state index contributed by atoms with van der Waals surface area (Å²) in [5, 5.41) is 22.4. The molecular weight excluding hydrogens is 204 g/mol. The SMILES string of the molecule is CCC(O)(CC)CN1CCC(=NO)C(C)C1. The molecule has 1 unspecified atom stereocenters. The highest BCUT2D eigenvalue weighted by Crippen LogP contribution is 2.20. The van der Waals surface area contributed by atoms with Crippen molar-refractivity contribution in [3.63, 3.8) is 0 Å². The molecule has 0 spiro atoms. The predicted octanol–water partition coefficient (Wildman–Crippen LogP) is 1.71. The van der Waals surface area contributed by atoms with Crippen LogP contribution in [0, 0.1) is 5.92 Å². The molecule has 2 N–H and O–H groups in total. The molecule has 1 atom stereocenters. The topological polar surface area (TPSA) is 56.1 Å². The number of likely N-dealkylation sites (tertiary alicyclic amines) is 1. The van der Waals surface area contributed by atoms with Gasteiger partial charge in [-0.3, -0.25) is 4.90 Å². The molecule has 0 saturated carbocycles. The Morgan fingerprint density at radius 1 is 1.44 bits per heavy atom. The Morgan fingerprint density at radius 2 is 2.06 bits per heavy atom. The summed E-state index contributed by atoms with van der Waals surface area (Å²) >= 11 is 0. The summed E-state index contributed by atoms with van der Waals surface area (Å²) in [6.45, 7) is 8.60. The van der Waals surface area contributed by atoms with Crippen LogP contribution in [0.2, 0.25) is 0 Å². The monoisotopic (exact) mass is 228 g/mol. The molecule has 1 fully saturated rings. The van der Waals surface area contributed by atoms with Gasteiger partial charge in [0.05, 0.1) is 11.3 Å². The summed E-state index contributed by atoms with van der Waals surface area (Å²) in [5.41, 5.74) is 0.320. The second-order valence-electron chi connectivity index (χ2n) is 4.91. The quantitative estimate of drug-likeness (QED) is 0.569. The first-order valence-corrected chi connectivity index (χ1v) is 6.20. The largest absolute Gasteiger partial charge is 0.411 e. The van der Waals surface area contributed by atoms with E-state index in [1.165, 1.54) is 0 Å². The van der Waals surface area contributed by atoms with E-state index in [-0.39, 0.29) is 5.92 Å². The van der Waals surface area contributed by atoms with Crippen molar-refractivity contribution in [2.75, 3.05) is 19.6 Å². The average molecular weight is 228 g/mol. The Balaban J connectivity index is 2.52. The van der Waals surface area contributed by atoms with Crippen LogP contribution in [0.5, 0.6) is 0 Å². The average Bonchev–Trinajstić information content (AvgIpc) is 2.29. The van der Waals surface area contributed by atoms with E-state index in [4.69, 9.17) is 5.21 Å². The van der Waals surface area contributed by atoms with Crippen LogP contribution >= 0.6 is 0 Å². The van der Waals surface area contributed by atoms with E-state index in [0.29, 0.717) is 0 Å². The predicted molar refractivity (Wildman–Crippen MR) is 65.0 cm³/mol. The third-order valence-corrected chi connectivity index (χ3v) is 3.75. The molecule has 1 saturated heterocycles. The molecule has 1 rings (SSSR count). The van der Waals surface area contributed by atoms with Crippen molar-refractivity contribution in [3.8, 4) is 0 Å². The number of rotatable bonds is 4. The summed E-state index contributed by atoms with van der Waals surface area (Å²) in [6, 6.07) is 0. The van der Waals surface area contributed by atoms with Crippen molar-refractivity contribution >= 4 is 5.71 Å². The van der Waals surface area contributed by atoms with Gasteiger partial charge in [0, 0.05) is 32.0 Å². The van der Waals surface area contributed by atoms with E-state index in [2.05, 4.69) is 17.0 Å². The van der Waals surface area contributed by atoms with E-state index in [1.54, 1.807) is 0 Å². The van der Waals surface area contributed by atoms with Crippen molar-refractivity contribution in [2.45, 2.75) is 45.6 Å². The zero-order valence-electron chi connectivity index (χ0n) is 10.6. The van der Waals surface area contributed by atoms with Gasteiger partial charge in [0.25, 0.3) is 0 Å². The van der Waals surface area contributed by atoms with Crippen LogP contribution in [0.3, 0.4) is 0 Å². The highest BCUT2D eigenvalue weighted by Gasteiger charge is 2.29. The van der Waals surface area contributed by atoms with E-state index >= 15 is 0 Å². The maximum absolute atomic E-state index is 10.3. The lowest BCUT2D eigenvalue weighted by molar-refractivity contribution is -0.00632. The second-order valence-corrected chi connectivity index (χ2v) is 4.91. The fourth-order valence-corrected chi connectivity index (χ4v) is 2.29. The standard InChI is InChI=1S/C12H24N2O2/c1-4-12(15,5-2)9-14-7-6-11(13-16)10(3)8-14/h10,15-16H,4-9H2,1-3H3. The molecule has 1 heterocycles. The van der Waals surface area contributed by atoms with Crippen molar-refractivity contribution in [2.24, 2.45) is 11.1 Å². The summed E-state index contributed by atoms with van der Waals surface area (Å²) in [6.07, 6.45) is 2.38. The first-order chi connectivity index (χ1) is 7.54. The highest BCUT2D eigenvalue weighted by atomic mass is 16.4. The Bertz CT molecular complexity index is 249. The van der Waals surface area contributed by atoms with Crippen LogP contribution in [0.25, 0.3) is 0 Å². The maximum atomic E-state index is 10.3. The van der Waals surface area contributed by atoms with Gasteiger partial charge in [-0.05, 0) is 12.8 Å². The molecule has 1 aliphatic rings. The molecule has 0 bridgehead atoms. The molecule has 4 nitrogen and oxygen atoms in total. The lowest BCUT2D eigenvalue weighted by atomic mass is 9.92. The fourth-order valence-electron chi connectivity index (χ4n) is 2.29. The highest BCUT2D eigenvalue weighted by molar-refractivity contribution is 5.86. The normalized spacial score (nSPS) is 26.2. The van der Waals surface area contributed by atoms with Crippen LogP contribution in [0.4, 0.5) is 0 Å². The molecule has 94 valence electrons. The number of β-amino-alcohol motifs (C(OH)–C–C–N with tert-alkyl or cyclic N) is 1. The van der Waals surface area contributed by atoms with Gasteiger partial charge in [-0.15, -0.1) is 0 Å². The van der Waals surface area contributed by atoms with Gasteiger partial charge in [-0.1, -0.05) is 25.9 Å². The van der Waals surface area contributed by atoms with Gasteiger partial charge in [0.1, 0.15) is 0 Å². The third-order valence-electron chi connectivity index (χ3n) is 3.75. The summed E-state index contributed by atoms with van der Waals surface area (Å²) in [4.78, 5) is 2.27. The molecule has 0 radical (unpaired) electrons. The number of piperidine rings is 1. The van der Waals surface area contributed by atoms with Gasteiger partial charge in [-0.25, -0.2) is 0 Å². The number of aliphatic hydroxyl groups is 1. The molecule has 16 heavy (non-hydrogen) atoms. The number of oxime groups is 1. The van der Waals surface area contributed by atoms with Crippen LogP contribution in [0.15, 0.2) is 5.16 Å². The number of hydrogen-bond donors (Lipinski definition) is 2. The Morgan fingerprint density at radius 3 is 2.50 bits per heavy atom. The molecule has 4 heteroatoms. The minimum Gasteiger partial charge on any atom is -0.411 e. The van der Waals surface area contributed by atoms with Crippen molar-refractivity contribution < 1.29 is 10.3 Å². The molecule has 0 aromatic heterocycles. The van der Waals surface area contributed by atoms with E-state index < -0.39 is 5.60 Å². The van der Waals surface area contributed by atoms with Gasteiger partial charge >= 0.3 is 0 Å². The fraction of sp³-hybridized carbons (Fsp3) is 0.917. The lowest BCUT2D eigenvalue weighted by Crippen LogP contribution is -2.48. The Kier molecular flexibility index (Phi) is 4.74. The van der Waals surface area contributed by atoms with Crippen molar-refractivity contribution in [1.82, 2.24) is 4.90 Å². The third kappa shape index (κ3) is 3.19. The van der Waals surface area contributed by atoms with Crippen molar-refractivity contribution in [1.29, 1.82) is 0 Å². The molecular formula is C12H24N2O2. The Labute approximate surface area is 97.9 Å². The van der Waals surface area contributed by atoms with Crippen LogP contribution in [0.1, 0.15) is 40.0 Å². The molecule has 0 aromatic carbocycles. The van der Waals surface area contributed by atoms with Crippen LogP contribution < -0.4 is 0 Å². The smallest absolute Gasteiger partial charge is 0.0768 e. The zero-order valence-corrected chi connectivity index (χ0v) is 10.6. The van der Waals surface area contributed by atoms with Gasteiger partial charge in [0.2, 0.25) is 0 Å². The minimum atomic E-state index is -0.562. The minimum absolute atomic E-state index is 0.289. The van der Waals surface area contributed by atoms with Gasteiger partial charge < -0.3 is 10.3 Å². The number of hydrogen-bond acceptors (Lipinski definition) is 4. The van der Waals surface area contributed by atoms with Crippen LogP contribution in [-0.4, -0.2) is 46.2 Å². The second kappa shape index (κ2) is 5.64.